The van der Waals surface area contributed by atoms with Crippen LogP contribution < -0.4 is 5.43 Å². The van der Waals surface area contributed by atoms with E-state index in [0.29, 0.717) is 17.3 Å². The highest BCUT2D eigenvalue weighted by Gasteiger charge is 2.07. The fourth-order valence-corrected chi connectivity index (χ4v) is 1.11. The lowest BCUT2D eigenvalue weighted by molar-refractivity contribution is 0.305. The Morgan fingerprint density at radius 2 is 2.45 bits per heavy atom. The molecule has 1 aliphatic heterocycles. The second-order valence-electron chi connectivity index (χ2n) is 1.93. The smallest absolute Gasteiger partial charge is 0.125 e. The quantitative estimate of drug-likeness (QED) is 0.506. The van der Waals surface area contributed by atoms with Crippen LogP contribution in [0.4, 0.5) is 0 Å². The molecule has 2 N–H and O–H groups in total. The molecule has 0 amide bonds. The second kappa shape index (κ2) is 3.80. The number of halogens is 2. The Kier molecular flexibility index (Phi) is 2.99. The van der Waals surface area contributed by atoms with Gasteiger partial charge in [0.05, 0.1) is 17.5 Å². The van der Waals surface area contributed by atoms with Crippen LogP contribution in [0.2, 0.25) is 0 Å². The lowest BCUT2D eigenvalue weighted by atomic mass is 10.3. The maximum absolute atomic E-state index is 8.56. The van der Waals surface area contributed by atoms with Crippen molar-refractivity contribution in [3.8, 4) is 0 Å². The fraction of sp³-hybridized carbons (Fsp3) is 0.400. The molecule has 62 valence electrons. The first-order valence-electron chi connectivity index (χ1n) is 3.00. The molecular formula is C5H7Cl2N3O. The standard InChI is InChI=1S/C5H7Cl2N3O/c6-5-3-4(1-2-11)8-10(7)9-5/h3,9,11H,1-2H2. The minimum Gasteiger partial charge on any atom is -0.396 e. The van der Waals surface area contributed by atoms with Crippen molar-refractivity contribution < 1.29 is 5.11 Å². The van der Waals surface area contributed by atoms with Crippen molar-refractivity contribution >= 4 is 29.1 Å². The summed E-state index contributed by atoms with van der Waals surface area (Å²) < 4.78 is 0.979. The molecule has 0 fully saturated rings. The maximum atomic E-state index is 8.56. The van der Waals surface area contributed by atoms with Gasteiger partial charge in [0.15, 0.2) is 0 Å². The van der Waals surface area contributed by atoms with E-state index in [1.807, 2.05) is 0 Å². The predicted molar refractivity (Wildman–Crippen MR) is 43.9 cm³/mol. The number of aliphatic hydroxyl groups excluding tert-OH is 1. The molecule has 11 heavy (non-hydrogen) atoms. The van der Waals surface area contributed by atoms with Gasteiger partial charge < -0.3 is 5.11 Å². The van der Waals surface area contributed by atoms with Crippen LogP contribution in [-0.2, 0) is 0 Å². The van der Waals surface area contributed by atoms with Crippen LogP contribution in [-0.4, -0.2) is 22.1 Å². The molecule has 0 spiro atoms. The number of nitrogens with zero attached hydrogens (tertiary/aromatic N) is 2. The SMILES string of the molecule is OCCC1=NN(Cl)NC(Cl)=C1. The van der Waals surface area contributed by atoms with Crippen molar-refractivity contribution in [3.63, 3.8) is 0 Å². The van der Waals surface area contributed by atoms with Crippen LogP contribution in [0.1, 0.15) is 6.42 Å². The zero-order valence-electron chi connectivity index (χ0n) is 5.59. The van der Waals surface area contributed by atoms with Crippen molar-refractivity contribution in [1.82, 2.24) is 10.1 Å². The van der Waals surface area contributed by atoms with E-state index in [1.54, 1.807) is 6.08 Å². The summed E-state index contributed by atoms with van der Waals surface area (Å²) in [4.78, 5) is 0. The molecule has 0 saturated carbocycles. The number of hydrogen-bond acceptors (Lipinski definition) is 4. The van der Waals surface area contributed by atoms with Crippen molar-refractivity contribution in [2.24, 2.45) is 5.10 Å². The highest BCUT2D eigenvalue weighted by atomic mass is 35.5. The zero-order valence-corrected chi connectivity index (χ0v) is 7.10. The van der Waals surface area contributed by atoms with E-state index < -0.39 is 0 Å². The molecule has 1 rings (SSSR count). The average Bonchev–Trinajstić information content (AvgIpc) is 1.85. The van der Waals surface area contributed by atoms with Crippen LogP contribution in [0.3, 0.4) is 0 Å². The topological polar surface area (TPSA) is 47.9 Å². The van der Waals surface area contributed by atoms with E-state index in [2.05, 4.69) is 10.5 Å². The number of rotatable bonds is 2. The van der Waals surface area contributed by atoms with Crippen LogP contribution >= 0.6 is 23.4 Å². The van der Waals surface area contributed by atoms with Gasteiger partial charge in [-0.1, -0.05) is 11.6 Å². The summed E-state index contributed by atoms with van der Waals surface area (Å²) in [6, 6.07) is 0. The summed E-state index contributed by atoms with van der Waals surface area (Å²) in [5.74, 6) is 0. The van der Waals surface area contributed by atoms with Crippen molar-refractivity contribution in [1.29, 1.82) is 0 Å². The molecule has 0 unspecified atom stereocenters. The highest BCUT2D eigenvalue weighted by molar-refractivity contribution is 6.31. The number of hydrazine groups is 1. The molecule has 0 aromatic carbocycles. The summed E-state index contributed by atoms with van der Waals surface area (Å²) in [5.41, 5.74) is 3.17. The molecule has 0 aliphatic carbocycles. The largest absolute Gasteiger partial charge is 0.396 e. The molecular weight excluding hydrogens is 189 g/mol. The lowest BCUT2D eigenvalue weighted by Crippen LogP contribution is -2.28. The molecule has 6 heteroatoms. The summed E-state index contributed by atoms with van der Waals surface area (Å²) in [6.07, 6.45) is 2.05. The van der Waals surface area contributed by atoms with E-state index in [-0.39, 0.29) is 6.61 Å². The summed E-state index contributed by atoms with van der Waals surface area (Å²) in [7, 11) is 0. The Bertz CT molecular complexity index is 204. The predicted octanol–water partition coefficient (Wildman–Crippen LogP) is 0.779. The molecule has 0 aromatic heterocycles. The molecule has 0 bridgehead atoms. The van der Waals surface area contributed by atoms with Crippen LogP contribution in [0.25, 0.3) is 0 Å². The molecule has 0 radical (unpaired) electrons. The Balaban J connectivity index is 2.62. The average molecular weight is 196 g/mol. The van der Waals surface area contributed by atoms with Crippen LogP contribution in [0.5, 0.6) is 0 Å². The summed E-state index contributed by atoms with van der Waals surface area (Å²) in [6.45, 7) is 0.0320. The van der Waals surface area contributed by atoms with Crippen molar-refractivity contribution in [2.45, 2.75) is 6.42 Å². The lowest BCUT2D eigenvalue weighted by Gasteiger charge is -2.16. The van der Waals surface area contributed by atoms with Crippen LogP contribution in [0, 0.1) is 0 Å². The van der Waals surface area contributed by atoms with Gasteiger partial charge in [-0.15, -0.1) is 9.74 Å². The maximum Gasteiger partial charge on any atom is 0.125 e. The van der Waals surface area contributed by atoms with Gasteiger partial charge in [-0.2, -0.15) is 0 Å². The number of aliphatic hydroxyl groups is 1. The van der Waals surface area contributed by atoms with E-state index in [0.717, 1.165) is 4.64 Å². The van der Waals surface area contributed by atoms with Gasteiger partial charge in [0.1, 0.15) is 5.16 Å². The van der Waals surface area contributed by atoms with Gasteiger partial charge in [-0.25, -0.2) is 0 Å². The molecule has 1 heterocycles. The summed E-state index contributed by atoms with van der Waals surface area (Å²) in [5, 5.41) is 12.7. The highest BCUT2D eigenvalue weighted by Crippen LogP contribution is 2.09. The van der Waals surface area contributed by atoms with Gasteiger partial charge >= 0.3 is 0 Å². The molecule has 1 aliphatic rings. The fourth-order valence-electron chi connectivity index (χ4n) is 0.670. The Morgan fingerprint density at radius 1 is 1.73 bits per heavy atom. The van der Waals surface area contributed by atoms with E-state index >= 15 is 0 Å². The third-order valence-corrected chi connectivity index (χ3v) is 1.43. The third-order valence-electron chi connectivity index (χ3n) is 1.08. The van der Waals surface area contributed by atoms with Crippen molar-refractivity contribution in [2.75, 3.05) is 6.61 Å². The Morgan fingerprint density at radius 3 is 3.00 bits per heavy atom. The first kappa shape index (κ1) is 8.64. The van der Waals surface area contributed by atoms with Gasteiger partial charge in [0.2, 0.25) is 0 Å². The molecule has 0 atom stereocenters. The van der Waals surface area contributed by atoms with E-state index in [1.165, 1.54) is 0 Å². The number of nitrogens with one attached hydrogen (secondary N) is 1. The van der Waals surface area contributed by atoms with E-state index in [9.17, 15) is 0 Å². The second-order valence-corrected chi connectivity index (χ2v) is 2.66. The zero-order chi connectivity index (χ0) is 8.27. The minimum atomic E-state index is 0.0320. The minimum absolute atomic E-state index is 0.0320. The third kappa shape index (κ3) is 2.57. The molecule has 0 saturated heterocycles. The number of hydrogen-bond donors (Lipinski definition) is 2. The molecule has 0 aromatic rings. The number of allylic oxidation sites excluding steroid dienone is 1. The number of hydrazone groups is 1. The van der Waals surface area contributed by atoms with Gasteiger partial charge in [0, 0.05) is 13.0 Å². The normalized spacial score (nSPS) is 17.2. The molecule has 4 nitrogen and oxygen atoms in total. The Labute approximate surface area is 74.2 Å². The van der Waals surface area contributed by atoms with Gasteiger partial charge in [0.25, 0.3) is 0 Å². The first-order chi connectivity index (χ1) is 5.22. The van der Waals surface area contributed by atoms with Gasteiger partial charge in [-0.3, -0.25) is 5.43 Å². The van der Waals surface area contributed by atoms with Gasteiger partial charge in [-0.05, 0) is 6.08 Å². The van der Waals surface area contributed by atoms with Crippen molar-refractivity contribution in [3.05, 3.63) is 11.2 Å². The van der Waals surface area contributed by atoms with E-state index in [4.69, 9.17) is 28.5 Å². The first-order valence-corrected chi connectivity index (χ1v) is 3.72. The summed E-state index contributed by atoms with van der Waals surface area (Å²) >= 11 is 11.1. The van der Waals surface area contributed by atoms with Crippen LogP contribution in [0.15, 0.2) is 16.3 Å². The monoisotopic (exact) mass is 195 g/mol. The Hall–Kier alpha value is -0.450.